The first-order valence-electron chi connectivity index (χ1n) is 4.35. The standard InChI is InChI=1S/C10H14ClNOS/c1-13-5-6-14-7-8-9(11)3-2-4-10(8)12/h2-4H,5-7,12H2,1H3. The highest BCUT2D eigenvalue weighted by atomic mass is 35.5. The smallest absolute Gasteiger partial charge is 0.0553 e. The van der Waals surface area contributed by atoms with Gasteiger partial charge in [0.15, 0.2) is 0 Å². The van der Waals surface area contributed by atoms with Crippen LogP contribution in [-0.2, 0) is 10.5 Å². The average molecular weight is 232 g/mol. The molecule has 2 nitrogen and oxygen atoms in total. The SMILES string of the molecule is COCCSCc1c(N)cccc1Cl. The van der Waals surface area contributed by atoms with E-state index in [1.165, 1.54) is 0 Å². The van der Waals surface area contributed by atoms with Crippen LogP contribution in [0.4, 0.5) is 5.69 Å². The summed E-state index contributed by atoms with van der Waals surface area (Å²) in [4.78, 5) is 0. The minimum atomic E-state index is 0.745. The zero-order valence-electron chi connectivity index (χ0n) is 8.13. The molecule has 0 atom stereocenters. The van der Waals surface area contributed by atoms with Crippen LogP contribution in [0.5, 0.6) is 0 Å². The van der Waals surface area contributed by atoms with Crippen LogP contribution >= 0.6 is 23.4 Å². The van der Waals surface area contributed by atoms with E-state index in [0.29, 0.717) is 0 Å². The number of ether oxygens (including phenoxy) is 1. The van der Waals surface area contributed by atoms with Crippen molar-refractivity contribution in [3.63, 3.8) is 0 Å². The molecule has 0 fully saturated rings. The van der Waals surface area contributed by atoms with Crippen LogP contribution in [-0.4, -0.2) is 19.5 Å². The number of nitrogens with two attached hydrogens (primary N) is 1. The van der Waals surface area contributed by atoms with Gasteiger partial charge in [-0.3, -0.25) is 0 Å². The van der Waals surface area contributed by atoms with E-state index in [1.807, 2.05) is 18.2 Å². The van der Waals surface area contributed by atoms with Crippen molar-refractivity contribution in [2.45, 2.75) is 5.75 Å². The Morgan fingerprint density at radius 3 is 2.93 bits per heavy atom. The van der Waals surface area contributed by atoms with E-state index in [4.69, 9.17) is 22.1 Å². The number of hydrogen-bond donors (Lipinski definition) is 1. The number of hydrogen-bond acceptors (Lipinski definition) is 3. The van der Waals surface area contributed by atoms with Gasteiger partial charge in [0.25, 0.3) is 0 Å². The van der Waals surface area contributed by atoms with Gasteiger partial charge < -0.3 is 10.5 Å². The van der Waals surface area contributed by atoms with Crippen LogP contribution < -0.4 is 5.73 Å². The molecule has 1 aromatic rings. The van der Waals surface area contributed by atoms with E-state index in [-0.39, 0.29) is 0 Å². The summed E-state index contributed by atoms with van der Waals surface area (Å²) in [5.41, 5.74) is 7.60. The molecular formula is C10H14ClNOS. The van der Waals surface area contributed by atoms with Gasteiger partial charge in [-0.25, -0.2) is 0 Å². The van der Waals surface area contributed by atoms with Crippen molar-refractivity contribution in [2.24, 2.45) is 0 Å². The zero-order chi connectivity index (χ0) is 10.4. The number of benzene rings is 1. The van der Waals surface area contributed by atoms with Crippen LogP contribution in [0.2, 0.25) is 5.02 Å². The lowest BCUT2D eigenvalue weighted by Crippen LogP contribution is -1.96. The van der Waals surface area contributed by atoms with Gasteiger partial charge >= 0.3 is 0 Å². The van der Waals surface area contributed by atoms with Crippen LogP contribution in [0.1, 0.15) is 5.56 Å². The molecule has 0 saturated heterocycles. The summed E-state index contributed by atoms with van der Waals surface area (Å²) in [5.74, 6) is 1.80. The molecule has 0 aliphatic heterocycles. The highest BCUT2D eigenvalue weighted by Crippen LogP contribution is 2.26. The predicted molar refractivity (Wildman–Crippen MR) is 63.9 cm³/mol. The molecule has 0 saturated carbocycles. The molecule has 0 aliphatic carbocycles. The topological polar surface area (TPSA) is 35.2 Å². The predicted octanol–water partition coefficient (Wildman–Crippen LogP) is 2.80. The first-order chi connectivity index (χ1) is 6.75. The molecule has 1 rings (SSSR count). The molecule has 1 aromatic carbocycles. The maximum Gasteiger partial charge on any atom is 0.0553 e. The minimum absolute atomic E-state index is 0.745. The number of halogens is 1. The van der Waals surface area contributed by atoms with Crippen molar-refractivity contribution in [3.05, 3.63) is 28.8 Å². The summed E-state index contributed by atoms with van der Waals surface area (Å²) in [6.45, 7) is 0.759. The summed E-state index contributed by atoms with van der Waals surface area (Å²) in [6.07, 6.45) is 0. The second-order valence-corrected chi connectivity index (χ2v) is 4.37. The fourth-order valence-electron chi connectivity index (χ4n) is 1.04. The van der Waals surface area contributed by atoms with Crippen LogP contribution in [0.15, 0.2) is 18.2 Å². The maximum atomic E-state index is 6.02. The van der Waals surface area contributed by atoms with Crippen molar-refractivity contribution in [1.82, 2.24) is 0 Å². The molecule has 0 heterocycles. The summed E-state index contributed by atoms with van der Waals surface area (Å²) >= 11 is 7.79. The monoisotopic (exact) mass is 231 g/mol. The Bertz CT molecular complexity index is 273. The fourth-order valence-corrected chi connectivity index (χ4v) is 2.33. The van der Waals surface area contributed by atoms with Crippen molar-refractivity contribution >= 4 is 29.1 Å². The third kappa shape index (κ3) is 3.40. The number of methoxy groups -OCH3 is 1. The third-order valence-electron chi connectivity index (χ3n) is 1.83. The summed E-state index contributed by atoms with van der Waals surface area (Å²) in [6, 6.07) is 5.60. The molecule has 2 N–H and O–H groups in total. The van der Waals surface area contributed by atoms with Gasteiger partial charge in [0.1, 0.15) is 0 Å². The van der Waals surface area contributed by atoms with E-state index >= 15 is 0 Å². The maximum absolute atomic E-state index is 6.02. The second kappa shape index (κ2) is 6.17. The normalized spacial score (nSPS) is 10.4. The van der Waals surface area contributed by atoms with Gasteiger partial charge in [0, 0.05) is 34.9 Å². The molecule has 0 aliphatic rings. The summed E-state index contributed by atoms with van der Waals surface area (Å²) < 4.78 is 4.96. The molecule has 0 bridgehead atoms. The Hall–Kier alpha value is -0.380. The lowest BCUT2D eigenvalue weighted by Gasteiger charge is -2.07. The molecular weight excluding hydrogens is 218 g/mol. The minimum Gasteiger partial charge on any atom is -0.398 e. The lowest BCUT2D eigenvalue weighted by molar-refractivity contribution is 0.218. The molecule has 78 valence electrons. The Kier molecular flexibility index (Phi) is 5.15. The van der Waals surface area contributed by atoms with Gasteiger partial charge in [-0.05, 0) is 12.1 Å². The average Bonchev–Trinajstić information content (AvgIpc) is 2.16. The molecule has 0 unspecified atom stereocenters. The van der Waals surface area contributed by atoms with E-state index in [9.17, 15) is 0 Å². The Labute approximate surface area is 93.8 Å². The van der Waals surface area contributed by atoms with Crippen LogP contribution in [0, 0.1) is 0 Å². The number of nitrogen functional groups attached to an aromatic ring is 1. The molecule has 0 aromatic heterocycles. The van der Waals surface area contributed by atoms with Crippen LogP contribution in [0.25, 0.3) is 0 Å². The fraction of sp³-hybridized carbons (Fsp3) is 0.400. The number of thioether (sulfide) groups is 1. The van der Waals surface area contributed by atoms with Crippen LogP contribution in [0.3, 0.4) is 0 Å². The van der Waals surface area contributed by atoms with E-state index in [1.54, 1.807) is 18.9 Å². The highest BCUT2D eigenvalue weighted by molar-refractivity contribution is 7.98. The number of anilines is 1. The highest BCUT2D eigenvalue weighted by Gasteiger charge is 2.03. The Balaban J connectivity index is 2.49. The zero-order valence-corrected chi connectivity index (χ0v) is 9.70. The second-order valence-electron chi connectivity index (χ2n) is 2.85. The van der Waals surface area contributed by atoms with Gasteiger partial charge in [0.2, 0.25) is 0 Å². The van der Waals surface area contributed by atoms with Crippen molar-refractivity contribution in [1.29, 1.82) is 0 Å². The Morgan fingerprint density at radius 1 is 1.50 bits per heavy atom. The molecule has 0 amide bonds. The van der Waals surface area contributed by atoms with Crippen molar-refractivity contribution < 1.29 is 4.74 Å². The molecule has 4 heteroatoms. The summed E-state index contributed by atoms with van der Waals surface area (Å²) in [5, 5.41) is 0.745. The van der Waals surface area contributed by atoms with Gasteiger partial charge in [-0.15, -0.1) is 0 Å². The molecule has 14 heavy (non-hydrogen) atoms. The van der Waals surface area contributed by atoms with Crippen molar-refractivity contribution in [2.75, 3.05) is 25.2 Å². The van der Waals surface area contributed by atoms with Gasteiger partial charge in [-0.2, -0.15) is 11.8 Å². The first-order valence-corrected chi connectivity index (χ1v) is 5.88. The lowest BCUT2D eigenvalue weighted by atomic mass is 10.2. The number of rotatable bonds is 5. The summed E-state index contributed by atoms with van der Waals surface area (Å²) in [7, 11) is 1.70. The third-order valence-corrected chi connectivity index (χ3v) is 3.14. The largest absolute Gasteiger partial charge is 0.398 e. The van der Waals surface area contributed by atoms with Gasteiger partial charge in [-0.1, -0.05) is 17.7 Å². The van der Waals surface area contributed by atoms with E-state index in [0.717, 1.165) is 34.4 Å². The van der Waals surface area contributed by atoms with Crippen molar-refractivity contribution in [3.8, 4) is 0 Å². The molecule has 0 radical (unpaired) electrons. The first kappa shape index (κ1) is 11.7. The van der Waals surface area contributed by atoms with E-state index in [2.05, 4.69) is 0 Å². The van der Waals surface area contributed by atoms with E-state index < -0.39 is 0 Å². The quantitative estimate of drug-likeness (QED) is 0.625. The molecule has 0 spiro atoms. The van der Waals surface area contributed by atoms with Gasteiger partial charge in [0.05, 0.1) is 6.61 Å². The Morgan fingerprint density at radius 2 is 2.29 bits per heavy atom.